The van der Waals surface area contributed by atoms with Gasteiger partial charge in [0, 0.05) is 44.7 Å². The van der Waals surface area contributed by atoms with Crippen molar-refractivity contribution in [2.75, 3.05) is 31.1 Å². The molecule has 3 N–H and O–H groups in total. The third-order valence-electron chi connectivity index (χ3n) is 8.09. The van der Waals surface area contributed by atoms with E-state index in [4.69, 9.17) is 4.52 Å². The van der Waals surface area contributed by atoms with E-state index in [9.17, 15) is 14.7 Å². The van der Waals surface area contributed by atoms with E-state index in [1.165, 1.54) is 4.90 Å². The number of nitrogens with zero attached hydrogens (tertiary/aromatic N) is 4. The summed E-state index contributed by atoms with van der Waals surface area (Å²) in [5, 5.41) is 21.3. The van der Waals surface area contributed by atoms with Crippen molar-refractivity contribution in [1.82, 2.24) is 25.7 Å². The molecule has 0 saturated carbocycles. The maximum Gasteiger partial charge on any atom is 0.243 e. The van der Waals surface area contributed by atoms with Crippen LogP contribution >= 0.6 is 23.7 Å². The minimum absolute atomic E-state index is 0. The van der Waals surface area contributed by atoms with Crippen LogP contribution in [-0.4, -0.2) is 76.3 Å². The van der Waals surface area contributed by atoms with Crippen molar-refractivity contribution in [1.29, 1.82) is 0 Å². The van der Waals surface area contributed by atoms with Gasteiger partial charge in [0.15, 0.2) is 11.6 Å². The Hall–Kier alpha value is -2.99. The summed E-state index contributed by atoms with van der Waals surface area (Å²) in [6, 6.07) is 9.22. The fourth-order valence-corrected chi connectivity index (χ4v) is 6.64. The molecule has 2 aliphatic rings. The molecule has 2 aromatic heterocycles. The first-order chi connectivity index (χ1) is 19.6. The van der Waals surface area contributed by atoms with Gasteiger partial charge >= 0.3 is 0 Å². The van der Waals surface area contributed by atoms with Crippen molar-refractivity contribution in [3.63, 3.8) is 0 Å². The summed E-state index contributed by atoms with van der Waals surface area (Å²) >= 11 is 1.60. The first-order valence-electron chi connectivity index (χ1n) is 14.4. The number of aryl methyl sites for hydroxylation is 1. The van der Waals surface area contributed by atoms with Crippen molar-refractivity contribution in [3.05, 3.63) is 52.9 Å². The lowest BCUT2D eigenvalue weighted by Gasteiger charge is -2.31. The highest BCUT2D eigenvalue weighted by Gasteiger charge is 2.43. The van der Waals surface area contributed by atoms with Crippen molar-refractivity contribution in [2.24, 2.45) is 5.92 Å². The molecule has 0 spiro atoms. The number of β-amino-alcohol motifs (C(OH)–C–C–N with tert-alkyl or cyclic N) is 1. The number of hydrogen-bond acceptors (Lipinski definition) is 9. The first-order valence-corrected chi connectivity index (χ1v) is 15.2. The maximum absolute atomic E-state index is 13.9. The number of carbonyl (C=O) groups is 2. The summed E-state index contributed by atoms with van der Waals surface area (Å²) in [5.41, 5.74) is 4.87. The van der Waals surface area contributed by atoms with Crippen LogP contribution in [0.1, 0.15) is 63.1 Å². The molecule has 5 atom stereocenters. The molecule has 2 saturated heterocycles. The smallest absolute Gasteiger partial charge is 0.243 e. The van der Waals surface area contributed by atoms with Gasteiger partial charge in [-0.2, -0.15) is 0 Å². The Morgan fingerprint density at radius 1 is 1.19 bits per heavy atom. The van der Waals surface area contributed by atoms with Gasteiger partial charge in [0.05, 0.1) is 28.2 Å². The predicted octanol–water partition coefficient (Wildman–Crippen LogP) is 3.91. The molecular weight excluding hydrogens is 576 g/mol. The van der Waals surface area contributed by atoms with Gasteiger partial charge in [-0.05, 0) is 37.8 Å². The van der Waals surface area contributed by atoms with Crippen molar-refractivity contribution >= 4 is 41.4 Å². The minimum Gasteiger partial charge on any atom is -0.391 e. The standard InChI is InChI=1S/C30H40N6O4S.ClH/c1-17(2)27(25-13-26(34-40-25)35-11-10-31-18(3)14-35)30(39)36-15-23(37)12-24(36)29(38)33-19(4)21-6-8-22(9-7-21)28-20(5)32-16-41-28;/h6-9,13,16-19,23-24,27,31,37H,10-12,14-15H2,1-5H3,(H,33,38);1H/t18-,19+,23-,24+,27-;/m1./s1. The maximum atomic E-state index is 13.9. The van der Waals surface area contributed by atoms with Gasteiger partial charge < -0.3 is 30.1 Å². The number of aliphatic hydroxyl groups is 1. The van der Waals surface area contributed by atoms with Crippen LogP contribution < -0.4 is 15.5 Å². The molecule has 12 heteroatoms. The predicted molar refractivity (Wildman–Crippen MR) is 166 cm³/mol. The Kier molecular flexibility index (Phi) is 10.3. The zero-order chi connectivity index (χ0) is 29.3. The molecule has 0 unspecified atom stereocenters. The second-order valence-corrected chi connectivity index (χ2v) is 12.5. The average Bonchev–Trinajstić information content (AvgIpc) is 3.69. The first kappa shape index (κ1) is 31.9. The van der Waals surface area contributed by atoms with Crippen molar-refractivity contribution in [3.8, 4) is 10.4 Å². The fourth-order valence-electron chi connectivity index (χ4n) is 5.83. The number of anilines is 1. The van der Waals surface area contributed by atoms with Gasteiger partial charge in [-0.15, -0.1) is 23.7 Å². The molecule has 0 radical (unpaired) electrons. The number of benzene rings is 1. The zero-order valence-corrected chi connectivity index (χ0v) is 26.4. The van der Waals surface area contributed by atoms with Gasteiger partial charge in [0.1, 0.15) is 12.0 Å². The fraction of sp³-hybridized carbons (Fsp3) is 0.533. The number of likely N-dealkylation sites (tertiary alicyclic amines) is 1. The molecule has 5 rings (SSSR count). The summed E-state index contributed by atoms with van der Waals surface area (Å²) in [4.78, 5) is 36.5. The zero-order valence-electron chi connectivity index (χ0n) is 24.7. The lowest BCUT2D eigenvalue weighted by molar-refractivity contribution is -0.141. The molecule has 1 aromatic carbocycles. The molecule has 0 aliphatic carbocycles. The van der Waals surface area contributed by atoms with Gasteiger partial charge in [-0.1, -0.05) is 43.3 Å². The van der Waals surface area contributed by atoms with Gasteiger partial charge in [-0.3, -0.25) is 9.59 Å². The Bertz CT molecular complexity index is 1360. The van der Waals surface area contributed by atoms with Crippen molar-refractivity contribution in [2.45, 2.75) is 71.2 Å². The Morgan fingerprint density at radius 2 is 1.93 bits per heavy atom. The number of thiazole rings is 1. The lowest BCUT2D eigenvalue weighted by Crippen LogP contribution is -2.49. The quantitative estimate of drug-likeness (QED) is 0.348. The summed E-state index contributed by atoms with van der Waals surface area (Å²) in [5.74, 6) is -0.0155. The third-order valence-corrected chi connectivity index (χ3v) is 9.07. The van der Waals surface area contributed by atoms with E-state index in [2.05, 4.69) is 32.6 Å². The molecule has 2 amide bonds. The van der Waals surface area contributed by atoms with Crippen LogP contribution in [0.25, 0.3) is 10.4 Å². The van der Waals surface area contributed by atoms with Crippen LogP contribution in [0.2, 0.25) is 0 Å². The molecule has 2 aliphatic heterocycles. The van der Waals surface area contributed by atoms with E-state index in [1.54, 1.807) is 11.3 Å². The summed E-state index contributed by atoms with van der Waals surface area (Å²) in [6.45, 7) is 12.5. The Labute approximate surface area is 257 Å². The SMILES string of the molecule is Cc1ncsc1-c1ccc([C@H](C)NC(=O)[C@@H]2C[C@@H](O)CN2C(=O)[C@@H](c2cc(N3CCN[C@H](C)C3)no2)C(C)C)cc1.Cl. The number of rotatable bonds is 8. The summed E-state index contributed by atoms with van der Waals surface area (Å²) < 4.78 is 5.72. The van der Waals surface area contributed by atoms with Crippen LogP contribution in [0.15, 0.2) is 40.4 Å². The van der Waals surface area contributed by atoms with Crippen LogP contribution in [0.3, 0.4) is 0 Å². The molecule has 4 heterocycles. The Balaban J connectivity index is 0.00000405. The molecule has 2 fully saturated rings. The molecule has 42 heavy (non-hydrogen) atoms. The van der Waals surface area contributed by atoms with Gasteiger partial charge in [0.2, 0.25) is 11.8 Å². The van der Waals surface area contributed by atoms with E-state index in [0.29, 0.717) is 17.6 Å². The van der Waals surface area contributed by atoms with E-state index in [1.807, 2.05) is 63.5 Å². The van der Waals surface area contributed by atoms with Crippen LogP contribution in [0.5, 0.6) is 0 Å². The number of halogens is 1. The van der Waals surface area contributed by atoms with Crippen LogP contribution in [0.4, 0.5) is 5.82 Å². The summed E-state index contributed by atoms with van der Waals surface area (Å²) in [6.07, 6.45) is -0.577. The van der Waals surface area contributed by atoms with Crippen molar-refractivity contribution < 1.29 is 19.2 Å². The van der Waals surface area contributed by atoms with E-state index in [-0.39, 0.29) is 49.1 Å². The average molecular weight is 617 g/mol. The number of aromatic nitrogens is 2. The number of piperazine rings is 1. The molecule has 0 bridgehead atoms. The molecule has 10 nitrogen and oxygen atoms in total. The van der Waals surface area contributed by atoms with E-state index < -0.39 is 18.1 Å². The monoisotopic (exact) mass is 616 g/mol. The van der Waals surface area contributed by atoms with Gasteiger partial charge in [-0.25, -0.2) is 4.98 Å². The van der Waals surface area contributed by atoms with Crippen LogP contribution in [0, 0.1) is 12.8 Å². The van der Waals surface area contributed by atoms with E-state index in [0.717, 1.165) is 41.3 Å². The summed E-state index contributed by atoms with van der Waals surface area (Å²) in [7, 11) is 0. The molecular formula is C30H41ClN6O4S. The molecule has 3 aromatic rings. The normalized spacial score (nSPS) is 22.1. The third kappa shape index (κ3) is 6.80. The molecule has 228 valence electrons. The van der Waals surface area contributed by atoms with Crippen LogP contribution in [-0.2, 0) is 9.59 Å². The second-order valence-electron chi connectivity index (χ2n) is 11.6. The highest BCUT2D eigenvalue weighted by molar-refractivity contribution is 7.13. The lowest BCUT2D eigenvalue weighted by atomic mass is 9.91. The van der Waals surface area contributed by atoms with Gasteiger partial charge in [0.25, 0.3) is 0 Å². The number of hydrogen-bond donors (Lipinski definition) is 3. The highest BCUT2D eigenvalue weighted by Crippen LogP contribution is 2.33. The number of nitrogens with one attached hydrogen (secondary N) is 2. The number of carbonyl (C=O) groups excluding carboxylic acids is 2. The number of aliphatic hydroxyl groups excluding tert-OH is 1. The minimum atomic E-state index is -0.771. The largest absolute Gasteiger partial charge is 0.391 e. The number of amides is 2. The van der Waals surface area contributed by atoms with E-state index >= 15 is 0 Å². The Morgan fingerprint density at radius 3 is 2.57 bits per heavy atom. The second kappa shape index (κ2) is 13.5. The highest BCUT2D eigenvalue weighted by atomic mass is 35.5. The topological polar surface area (TPSA) is 124 Å².